The van der Waals surface area contributed by atoms with E-state index in [-0.39, 0.29) is 16.6 Å². The zero-order valence-electron chi connectivity index (χ0n) is 30.9. The molecule has 0 saturated carbocycles. The summed E-state index contributed by atoms with van der Waals surface area (Å²) in [6, 6.07) is 45.0. The largest absolute Gasteiger partial charge is 0.507 e. The van der Waals surface area contributed by atoms with Crippen LogP contribution in [-0.4, -0.2) is 19.6 Å². The number of pyridine rings is 1. The second-order valence-electron chi connectivity index (χ2n) is 16.1. The number of aromatic hydroxyl groups is 1. The standard InChI is InChI=1S/C48H41N3OS/c1-47(2,3)31-27-36(45(52)37(28-31)48(4,5)6)46-50-44-33(19-14-22-40(44)51(46)39-21-13-16-29-15-7-8-17-32(29)39)30-25-35(38-20-11-12-24-49-38)43-34-18-9-10-23-41(34)53-42(43)26-30/h7-28,52H,1-6H3. The van der Waals surface area contributed by atoms with Crippen LogP contribution >= 0.6 is 11.3 Å². The van der Waals surface area contributed by atoms with Crippen LogP contribution in [0.2, 0.25) is 0 Å². The molecule has 9 rings (SSSR count). The maximum atomic E-state index is 12.3. The van der Waals surface area contributed by atoms with Crippen LogP contribution in [-0.2, 0) is 10.8 Å². The van der Waals surface area contributed by atoms with Gasteiger partial charge in [-0.1, -0.05) is 120 Å². The lowest BCUT2D eigenvalue weighted by Crippen LogP contribution is -2.17. The zero-order valence-corrected chi connectivity index (χ0v) is 31.7. The minimum absolute atomic E-state index is 0.147. The molecule has 0 atom stereocenters. The van der Waals surface area contributed by atoms with Gasteiger partial charge in [0.2, 0.25) is 0 Å². The van der Waals surface area contributed by atoms with Crippen molar-refractivity contribution in [2.75, 3.05) is 0 Å². The van der Waals surface area contributed by atoms with Gasteiger partial charge in [0.1, 0.15) is 11.6 Å². The summed E-state index contributed by atoms with van der Waals surface area (Å²) in [5, 5.41) is 17.0. The van der Waals surface area contributed by atoms with E-state index in [0.29, 0.717) is 5.82 Å². The van der Waals surface area contributed by atoms with Crippen LogP contribution in [0.4, 0.5) is 0 Å². The molecule has 0 spiro atoms. The molecule has 1 N–H and O–H groups in total. The highest BCUT2D eigenvalue weighted by molar-refractivity contribution is 7.26. The van der Waals surface area contributed by atoms with Crippen LogP contribution in [0.1, 0.15) is 52.7 Å². The first kappa shape index (κ1) is 33.1. The highest BCUT2D eigenvalue weighted by Gasteiger charge is 2.29. The molecule has 0 radical (unpaired) electrons. The lowest BCUT2D eigenvalue weighted by Gasteiger charge is -2.27. The molecule has 0 bridgehead atoms. The number of phenolic OH excluding ortho intramolecular Hbond substituents is 1. The molecule has 53 heavy (non-hydrogen) atoms. The Morgan fingerprint density at radius 2 is 1.36 bits per heavy atom. The molecule has 5 heteroatoms. The fourth-order valence-electron chi connectivity index (χ4n) is 7.70. The number of hydrogen-bond acceptors (Lipinski definition) is 4. The molecular formula is C48H41N3OS. The van der Waals surface area contributed by atoms with Crippen LogP contribution in [0.25, 0.3) is 81.4 Å². The zero-order chi connectivity index (χ0) is 36.6. The average molecular weight is 708 g/mol. The highest BCUT2D eigenvalue weighted by Crippen LogP contribution is 2.47. The first-order valence-electron chi connectivity index (χ1n) is 18.2. The van der Waals surface area contributed by atoms with Gasteiger partial charge in [0.25, 0.3) is 0 Å². The summed E-state index contributed by atoms with van der Waals surface area (Å²) in [6.45, 7) is 13.2. The predicted molar refractivity (Wildman–Crippen MR) is 225 cm³/mol. The molecular weight excluding hydrogens is 667 g/mol. The maximum absolute atomic E-state index is 12.3. The Morgan fingerprint density at radius 3 is 2.13 bits per heavy atom. The fraction of sp³-hybridized carbons (Fsp3) is 0.167. The monoisotopic (exact) mass is 707 g/mol. The third kappa shape index (κ3) is 5.50. The summed E-state index contributed by atoms with van der Waals surface area (Å²) in [4.78, 5) is 10.4. The van der Waals surface area contributed by atoms with Crippen molar-refractivity contribution in [2.24, 2.45) is 0 Å². The molecule has 0 aliphatic rings. The molecule has 0 aliphatic carbocycles. The number of hydrogen-bond donors (Lipinski definition) is 1. The number of phenols is 1. The van der Waals surface area contributed by atoms with E-state index >= 15 is 0 Å². The number of benzene rings is 6. The third-order valence-corrected chi connectivity index (χ3v) is 11.6. The van der Waals surface area contributed by atoms with Gasteiger partial charge in [-0.05, 0) is 75.9 Å². The minimum Gasteiger partial charge on any atom is -0.507 e. The summed E-state index contributed by atoms with van der Waals surface area (Å²) < 4.78 is 4.72. The molecule has 260 valence electrons. The first-order valence-corrected chi connectivity index (χ1v) is 19.0. The van der Waals surface area contributed by atoms with Gasteiger partial charge in [0, 0.05) is 48.4 Å². The van der Waals surface area contributed by atoms with E-state index < -0.39 is 0 Å². The smallest absolute Gasteiger partial charge is 0.149 e. The van der Waals surface area contributed by atoms with Crippen molar-refractivity contribution in [1.29, 1.82) is 0 Å². The van der Waals surface area contributed by atoms with Crippen molar-refractivity contribution < 1.29 is 5.11 Å². The van der Waals surface area contributed by atoms with Gasteiger partial charge in [0.05, 0.1) is 28.0 Å². The Bertz CT molecular complexity index is 2860. The fourth-order valence-corrected chi connectivity index (χ4v) is 8.88. The Hall–Kier alpha value is -5.78. The molecule has 9 aromatic rings. The molecule has 0 fully saturated rings. The lowest BCUT2D eigenvalue weighted by molar-refractivity contribution is 0.446. The Labute approximate surface area is 314 Å². The van der Waals surface area contributed by atoms with Crippen LogP contribution in [0.15, 0.2) is 134 Å². The van der Waals surface area contributed by atoms with Gasteiger partial charge in [0.15, 0.2) is 0 Å². The Kier molecular flexibility index (Phi) is 7.58. The molecule has 0 unspecified atom stereocenters. The van der Waals surface area contributed by atoms with E-state index in [1.165, 1.54) is 20.2 Å². The number of aromatic nitrogens is 3. The number of thiophene rings is 1. The van der Waals surface area contributed by atoms with E-state index in [1.54, 1.807) is 0 Å². The lowest BCUT2D eigenvalue weighted by atomic mass is 9.79. The van der Waals surface area contributed by atoms with E-state index in [0.717, 1.165) is 66.6 Å². The topological polar surface area (TPSA) is 50.9 Å². The van der Waals surface area contributed by atoms with Gasteiger partial charge < -0.3 is 5.11 Å². The Morgan fingerprint density at radius 1 is 0.623 bits per heavy atom. The quantitative estimate of drug-likeness (QED) is 0.198. The number of fused-ring (bicyclic) bond motifs is 5. The normalized spacial score (nSPS) is 12.4. The predicted octanol–water partition coefficient (Wildman–Crippen LogP) is 13.2. The second-order valence-corrected chi connectivity index (χ2v) is 17.2. The molecule has 0 saturated heterocycles. The molecule has 3 heterocycles. The average Bonchev–Trinajstić information content (AvgIpc) is 3.72. The molecule has 6 aromatic carbocycles. The van der Waals surface area contributed by atoms with E-state index in [9.17, 15) is 5.11 Å². The number of imidazole rings is 1. The summed E-state index contributed by atoms with van der Waals surface area (Å²) in [5.74, 6) is 0.985. The SMILES string of the molecule is CC(C)(C)c1cc(-c2nc3c(-c4cc(-c5ccccn5)c5c(c4)sc4ccccc45)cccc3n2-c2cccc3ccccc23)c(O)c(C(C)(C)C)c1. The van der Waals surface area contributed by atoms with Crippen molar-refractivity contribution in [3.63, 3.8) is 0 Å². The van der Waals surface area contributed by atoms with Crippen molar-refractivity contribution in [1.82, 2.24) is 14.5 Å². The highest BCUT2D eigenvalue weighted by atomic mass is 32.1. The van der Waals surface area contributed by atoms with Crippen LogP contribution in [0.3, 0.4) is 0 Å². The molecule has 3 aromatic heterocycles. The maximum Gasteiger partial charge on any atom is 0.149 e. The van der Waals surface area contributed by atoms with Crippen LogP contribution in [0.5, 0.6) is 5.75 Å². The summed E-state index contributed by atoms with van der Waals surface area (Å²) >= 11 is 1.81. The molecule has 0 aliphatic heterocycles. The van der Waals surface area contributed by atoms with E-state index in [4.69, 9.17) is 9.97 Å². The van der Waals surface area contributed by atoms with Crippen molar-refractivity contribution >= 4 is 53.3 Å². The minimum atomic E-state index is -0.289. The summed E-state index contributed by atoms with van der Waals surface area (Å²) in [7, 11) is 0. The number of rotatable bonds is 4. The number of para-hydroxylation sites is 1. The van der Waals surface area contributed by atoms with Crippen molar-refractivity contribution in [3.8, 4) is 45.2 Å². The van der Waals surface area contributed by atoms with Crippen molar-refractivity contribution in [2.45, 2.75) is 52.4 Å². The number of nitrogens with zero attached hydrogens (tertiary/aromatic N) is 3. The first-order chi connectivity index (χ1) is 25.5. The van der Waals surface area contributed by atoms with Gasteiger partial charge in [-0.25, -0.2) is 4.98 Å². The van der Waals surface area contributed by atoms with Gasteiger partial charge in [-0.15, -0.1) is 11.3 Å². The summed E-state index contributed by atoms with van der Waals surface area (Å²) in [5.41, 5.74) is 9.37. The van der Waals surface area contributed by atoms with Crippen LogP contribution < -0.4 is 0 Å². The Balaban J connectivity index is 1.40. The molecule has 4 nitrogen and oxygen atoms in total. The van der Waals surface area contributed by atoms with E-state index in [1.807, 2.05) is 23.6 Å². The van der Waals surface area contributed by atoms with E-state index in [2.05, 4.69) is 167 Å². The molecule has 0 amide bonds. The van der Waals surface area contributed by atoms with Gasteiger partial charge in [-0.3, -0.25) is 9.55 Å². The summed E-state index contributed by atoms with van der Waals surface area (Å²) in [6.07, 6.45) is 1.87. The van der Waals surface area contributed by atoms with Crippen molar-refractivity contribution in [3.05, 3.63) is 145 Å². The van der Waals surface area contributed by atoms with Crippen LogP contribution in [0, 0.1) is 0 Å². The van der Waals surface area contributed by atoms with Gasteiger partial charge in [-0.2, -0.15) is 0 Å². The third-order valence-electron chi connectivity index (χ3n) is 10.4. The van der Waals surface area contributed by atoms with Gasteiger partial charge >= 0.3 is 0 Å². The second kappa shape index (κ2) is 12.1.